The third-order valence-corrected chi connectivity index (χ3v) is 7.59. The van der Waals surface area contributed by atoms with Gasteiger partial charge in [-0.1, -0.05) is 96.9 Å². The van der Waals surface area contributed by atoms with Crippen LogP contribution >= 0.6 is 0 Å². The molecule has 4 N–H and O–H groups in total. The number of hydrogen-bond donors (Lipinski definition) is 4. The summed E-state index contributed by atoms with van der Waals surface area (Å²) >= 11 is 0. The zero-order valence-corrected chi connectivity index (χ0v) is 23.7. The number of esters is 1. The van der Waals surface area contributed by atoms with Gasteiger partial charge in [-0.25, -0.2) is 4.79 Å². The lowest BCUT2D eigenvalue weighted by Crippen LogP contribution is -2.37. The van der Waals surface area contributed by atoms with Crippen LogP contribution in [0.3, 0.4) is 0 Å². The van der Waals surface area contributed by atoms with Gasteiger partial charge >= 0.3 is 5.97 Å². The second-order valence-corrected chi connectivity index (χ2v) is 11.0. The lowest BCUT2D eigenvalue weighted by atomic mass is 9.85. The van der Waals surface area contributed by atoms with Crippen molar-refractivity contribution in [1.29, 1.82) is 0 Å². The van der Waals surface area contributed by atoms with Gasteiger partial charge in [0.1, 0.15) is 6.10 Å². The Labute approximate surface area is 224 Å². The summed E-state index contributed by atoms with van der Waals surface area (Å²) in [7, 11) is 0. The Morgan fingerprint density at radius 2 is 1.62 bits per heavy atom. The molecule has 1 heterocycles. The zero-order chi connectivity index (χ0) is 28.0. The molecule has 0 aromatic rings. The Kier molecular flexibility index (Phi) is 15.9. The molecule has 0 unspecified atom stereocenters. The Balaban J connectivity index is 3.09. The molecule has 0 aromatic heterocycles. The Morgan fingerprint density at radius 1 is 0.946 bits per heavy atom. The van der Waals surface area contributed by atoms with Crippen LogP contribution in [0, 0.1) is 29.6 Å². The molecule has 6 nitrogen and oxygen atoms in total. The summed E-state index contributed by atoms with van der Waals surface area (Å²) in [6, 6.07) is 0. The van der Waals surface area contributed by atoms with Gasteiger partial charge in [0, 0.05) is 36.2 Å². The molecular weight excluding hydrogens is 468 g/mol. The number of aliphatic hydroxyl groups excluding tert-OH is 4. The summed E-state index contributed by atoms with van der Waals surface area (Å²) < 4.78 is 5.82. The lowest BCUT2D eigenvalue weighted by molar-refractivity contribution is -0.150. The molecule has 10 atom stereocenters. The number of cyclic esters (lactones) is 1. The third-order valence-electron chi connectivity index (χ3n) is 7.59. The maximum Gasteiger partial charge on any atom is 0.331 e. The molecule has 1 aliphatic rings. The van der Waals surface area contributed by atoms with Crippen molar-refractivity contribution >= 4 is 5.97 Å². The first-order valence-electron chi connectivity index (χ1n) is 14.1. The van der Waals surface area contributed by atoms with Gasteiger partial charge in [0.05, 0.1) is 24.4 Å². The average molecular weight is 521 g/mol. The molecule has 212 valence electrons. The van der Waals surface area contributed by atoms with Gasteiger partial charge in [-0.2, -0.15) is 0 Å². The largest absolute Gasteiger partial charge is 0.458 e. The second-order valence-electron chi connectivity index (χ2n) is 11.0. The quantitative estimate of drug-likeness (QED) is 0.304. The highest BCUT2D eigenvalue weighted by molar-refractivity contribution is 5.82. The van der Waals surface area contributed by atoms with Crippen molar-refractivity contribution in [1.82, 2.24) is 0 Å². The molecule has 0 fully saturated rings. The Hall–Kier alpha value is -1.73. The van der Waals surface area contributed by atoms with Crippen molar-refractivity contribution in [2.75, 3.05) is 0 Å². The predicted molar refractivity (Wildman–Crippen MR) is 150 cm³/mol. The number of rotatable bonds is 3. The van der Waals surface area contributed by atoms with Gasteiger partial charge in [0.15, 0.2) is 0 Å². The number of ether oxygens (including phenoxy) is 1. The van der Waals surface area contributed by atoms with Crippen LogP contribution in [-0.2, 0) is 9.53 Å². The van der Waals surface area contributed by atoms with E-state index in [1.165, 1.54) is 6.08 Å². The van der Waals surface area contributed by atoms with Crippen molar-refractivity contribution in [3.63, 3.8) is 0 Å². The van der Waals surface area contributed by atoms with Crippen LogP contribution in [0.15, 0.2) is 48.6 Å². The summed E-state index contributed by atoms with van der Waals surface area (Å²) in [5.41, 5.74) is 0. The van der Waals surface area contributed by atoms with Crippen LogP contribution in [-0.4, -0.2) is 56.9 Å². The molecule has 1 aliphatic heterocycles. The number of carbonyl (C=O) groups is 1. The number of aliphatic hydroxyl groups is 4. The number of hydrogen-bond acceptors (Lipinski definition) is 6. The predicted octanol–water partition coefficient (Wildman–Crippen LogP) is 5.12. The molecule has 0 radical (unpaired) electrons. The zero-order valence-electron chi connectivity index (χ0n) is 23.7. The van der Waals surface area contributed by atoms with Gasteiger partial charge < -0.3 is 25.2 Å². The van der Waals surface area contributed by atoms with Crippen molar-refractivity contribution in [2.45, 2.75) is 111 Å². The third kappa shape index (κ3) is 12.6. The molecule has 0 saturated carbocycles. The van der Waals surface area contributed by atoms with Crippen LogP contribution < -0.4 is 0 Å². The lowest BCUT2D eigenvalue weighted by Gasteiger charge is -2.31. The van der Waals surface area contributed by atoms with E-state index < -0.39 is 36.5 Å². The maximum atomic E-state index is 12.6. The molecule has 6 heteroatoms. The molecule has 0 aromatic carbocycles. The van der Waals surface area contributed by atoms with E-state index in [9.17, 15) is 25.2 Å². The van der Waals surface area contributed by atoms with E-state index in [0.717, 1.165) is 25.7 Å². The SMILES string of the molecule is CC/C=C\[C@H](C)[C@@H]1OC(=O)/C=C\C=C\[C@@H](C)[C@@H](O)C[C@H](O)/C=C\[C@H](C)[C@H](O)[C@@H](C)CCCC[C@@H](O)[C@@H]1C. The minimum Gasteiger partial charge on any atom is -0.458 e. The first kappa shape index (κ1) is 33.3. The molecule has 0 amide bonds. The van der Waals surface area contributed by atoms with Gasteiger partial charge in [0.2, 0.25) is 0 Å². The van der Waals surface area contributed by atoms with Gasteiger partial charge in [-0.15, -0.1) is 0 Å². The van der Waals surface area contributed by atoms with E-state index in [-0.39, 0.29) is 36.0 Å². The smallest absolute Gasteiger partial charge is 0.331 e. The van der Waals surface area contributed by atoms with E-state index in [1.807, 2.05) is 59.8 Å². The monoisotopic (exact) mass is 520 g/mol. The fourth-order valence-corrected chi connectivity index (χ4v) is 4.78. The summed E-state index contributed by atoms with van der Waals surface area (Å²) in [5.74, 6) is -1.04. The molecule has 0 aliphatic carbocycles. The Morgan fingerprint density at radius 3 is 2.30 bits per heavy atom. The minimum atomic E-state index is -0.816. The van der Waals surface area contributed by atoms with E-state index in [1.54, 1.807) is 24.3 Å². The standard InChI is InChI=1S/C31H52O6/c1-7-8-13-24(5)31-25(6)27(33)16-11-9-15-22(3)30(36)23(4)18-19-26(32)20-28(34)21(2)14-10-12-17-29(35)37-31/h8,10,12-14,17-19,21-28,30-34,36H,7,9,11,15-16,20H2,1-6H3/b13-8-,14-10+,17-12-,19-18-/t21-,22+,23+,24+,25+,26-,27-,28+,30-,31+/m1/s1. The molecular formula is C31H52O6. The summed E-state index contributed by atoms with van der Waals surface area (Å²) in [4.78, 5) is 12.6. The van der Waals surface area contributed by atoms with E-state index in [0.29, 0.717) is 6.42 Å². The molecule has 0 saturated heterocycles. The van der Waals surface area contributed by atoms with Crippen molar-refractivity contribution in [3.8, 4) is 0 Å². The minimum absolute atomic E-state index is 0.0469. The molecule has 0 bridgehead atoms. The van der Waals surface area contributed by atoms with Crippen LogP contribution in [0.1, 0.15) is 80.1 Å². The second kappa shape index (κ2) is 17.7. The average Bonchev–Trinajstić information content (AvgIpc) is 2.87. The van der Waals surface area contributed by atoms with Gasteiger partial charge in [-0.05, 0) is 25.2 Å². The maximum absolute atomic E-state index is 12.6. The van der Waals surface area contributed by atoms with Crippen LogP contribution in [0.5, 0.6) is 0 Å². The number of carbonyl (C=O) groups excluding carboxylic acids is 1. The first-order valence-corrected chi connectivity index (χ1v) is 14.1. The van der Waals surface area contributed by atoms with Crippen LogP contribution in [0.25, 0.3) is 0 Å². The van der Waals surface area contributed by atoms with E-state index in [2.05, 4.69) is 0 Å². The topological polar surface area (TPSA) is 107 Å². The van der Waals surface area contributed by atoms with Gasteiger partial charge in [0.25, 0.3) is 0 Å². The number of allylic oxidation sites excluding steroid dienone is 3. The molecule has 0 spiro atoms. The molecule has 1 rings (SSSR count). The summed E-state index contributed by atoms with van der Waals surface area (Å²) in [6.45, 7) is 11.8. The Bertz CT molecular complexity index is 757. The highest BCUT2D eigenvalue weighted by Gasteiger charge is 2.30. The summed E-state index contributed by atoms with van der Waals surface area (Å²) in [5, 5.41) is 42.4. The van der Waals surface area contributed by atoms with Crippen LogP contribution in [0.2, 0.25) is 0 Å². The van der Waals surface area contributed by atoms with E-state index in [4.69, 9.17) is 4.74 Å². The fraction of sp³-hybridized carbons (Fsp3) is 0.710. The summed E-state index contributed by atoms with van der Waals surface area (Å²) in [6.07, 6.45) is 14.9. The normalized spacial score (nSPS) is 39.6. The highest BCUT2D eigenvalue weighted by atomic mass is 16.5. The van der Waals surface area contributed by atoms with Crippen molar-refractivity contribution in [2.24, 2.45) is 29.6 Å². The van der Waals surface area contributed by atoms with E-state index >= 15 is 0 Å². The fourth-order valence-electron chi connectivity index (χ4n) is 4.78. The first-order chi connectivity index (χ1) is 17.5. The van der Waals surface area contributed by atoms with Crippen LogP contribution in [0.4, 0.5) is 0 Å². The molecule has 37 heavy (non-hydrogen) atoms. The van der Waals surface area contributed by atoms with Crippen molar-refractivity contribution in [3.05, 3.63) is 48.6 Å². The van der Waals surface area contributed by atoms with Crippen molar-refractivity contribution < 1.29 is 30.0 Å². The van der Waals surface area contributed by atoms with Gasteiger partial charge in [-0.3, -0.25) is 0 Å². The highest BCUT2D eigenvalue weighted by Crippen LogP contribution is 2.26.